The van der Waals surface area contributed by atoms with Gasteiger partial charge in [0.1, 0.15) is 11.6 Å². The van der Waals surface area contributed by atoms with Crippen LogP contribution in [-0.2, 0) is 6.54 Å². The molecule has 0 amide bonds. The Morgan fingerprint density at radius 2 is 1.92 bits per heavy atom. The molecule has 0 fully saturated rings. The van der Waals surface area contributed by atoms with Crippen LogP contribution in [0.2, 0.25) is 0 Å². The summed E-state index contributed by atoms with van der Waals surface area (Å²) >= 11 is 0. The highest BCUT2D eigenvalue weighted by Crippen LogP contribution is 2.24. The summed E-state index contributed by atoms with van der Waals surface area (Å²) in [6.07, 6.45) is 0.189. The second kappa shape index (κ2) is 7.73. The Balaban J connectivity index is 2.13. The topological polar surface area (TPSA) is 76.1 Å². The lowest BCUT2D eigenvalue weighted by Crippen LogP contribution is -2.39. The first-order valence-electron chi connectivity index (χ1n) is 7.25. The lowest BCUT2D eigenvalue weighted by molar-refractivity contribution is 0.0568. The second-order valence-electron chi connectivity index (χ2n) is 5.43. The molecule has 2 rings (SSSR count). The van der Waals surface area contributed by atoms with Gasteiger partial charge in [-0.25, -0.2) is 13.5 Å². The number of nitrogens with one attached hydrogen (secondary N) is 1. The fourth-order valence-corrected chi connectivity index (χ4v) is 2.05. The third-order valence-corrected chi connectivity index (χ3v) is 3.51. The van der Waals surface area contributed by atoms with Crippen LogP contribution < -0.4 is 11.1 Å². The molecular weight excluding hydrogens is 328 g/mol. The smallest absolute Gasteiger partial charge is 0.333 e. The highest BCUT2D eigenvalue weighted by Gasteiger charge is 2.16. The number of hydrogen-bond acceptors (Lipinski definition) is 4. The minimum atomic E-state index is -2.83. The zero-order valence-electron chi connectivity index (χ0n) is 12.9. The van der Waals surface area contributed by atoms with Crippen LogP contribution >= 0.6 is 0 Å². The van der Waals surface area contributed by atoms with Crippen molar-refractivity contribution in [2.45, 2.75) is 32.2 Å². The molecule has 0 aliphatic carbocycles. The average Bonchev–Trinajstić information content (AvgIpc) is 2.99. The number of aliphatic hydroxyl groups is 1. The summed E-state index contributed by atoms with van der Waals surface area (Å²) < 4.78 is 53.6. The first kappa shape index (κ1) is 18.4. The molecule has 2 atom stereocenters. The number of alkyl halides is 2. The molecule has 1 aromatic carbocycles. The van der Waals surface area contributed by atoms with Crippen molar-refractivity contribution in [3.8, 4) is 11.3 Å². The number of benzene rings is 1. The molecule has 1 heterocycles. The number of rotatable bonds is 7. The number of aromatic nitrogens is 2. The average molecular weight is 346 g/mol. The van der Waals surface area contributed by atoms with Gasteiger partial charge in [-0.15, -0.1) is 0 Å². The second-order valence-corrected chi connectivity index (χ2v) is 5.43. The fraction of sp³-hybridized carbons (Fsp3) is 0.400. The van der Waals surface area contributed by atoms with E-state index in [1.807, 2.05) is 0 Å². The number of nitrogens with two attached hydrogens (primary N) is 1. The largest absolute Gasteiger partial charge is 0.390 e. The molecule has 0 bridgehead atoms. The molecule has 0 unspecified atom stereocenters. The molecule has 5 nitrogen and oxygen atoms in total. The lowest BCUT2D eigenvalue weighted by Gasteiger charge is -2.15. The zero-order valence-corrected chi connectivity index (χ0v) is 12.9. The van der Waals surface area contributed by atoms with Crippen LogP contribution in [0.4, 0.5) is 17.6 Å². The molecule has 1 aromatic heterocycles. The van der Waals surface area contributed by atoms with Gasteiger partial charge in [0.2, 0.25) is 0 Å². The Bertz CT molecular complexity index is 667. The van der Waals surface area contributed by atoms with Crippen molar-refractivity contribution in [2.24, 2.45) is 5.73 Å². The van der Waals surface area contributed by atoms with Crippen LogP contribution in [0.3, 0.4) is 0 Å². The van der Waals surface area contributed by atoms with Crippen molar-refractivity contribution >= 4 is 0 Å². The molecule has 0 aliphatic heterocycles. The van der Waals surface area contributed by atoms with Gasteiger partial charge in [-0.1, -0.05) is 0 Å². The molecular formula is C15H18F4N4O. The SMILES string of the molecule is C[C@H](N)[C@@H](O)CNCc1c(F)cc(-c2ccn(C(F)F)n2)cc1F. The highest BCUT2D eigenvalue weighted by atomic mass is 19.3. The standard InChI is InChI=1S/C15H18F4N4O/c1-8(20)14(24)7-21-6-10-11(16)4-9(5-12(10)17)13-2-3-23(22-13)15(18)19/h2-5,8,14-15,21,24H,6-7,20H2,1H3/t8-,14-/m0/s1. The Morgan fingerprint density at radius 1 is 1.29 bits per heavy atom. The third-order valence-electron chi connectivity index (χ3n) is 3.51. The van der Waals surface area contributed by atoms with E-state index >= 15 is 0 Å². The van der Waals surface area contributed by atoms with Gasteiger partial charge in [0.15, 0.2) is 0 Å². The molecule has 2 aromatic rings. The van der Waals surface area contributed by atoms with Crippen LogP contribution in [0.25, 0.3) is 11.3 Å². The van der Waals surface area contributed by atoms with Crippen LogP contribution in [0.1, 0.15) is 19.0 Å². The molecule has 0 saturated carbocycles. The van der Waals surface area contributed by atoms with Crippen molar-refractivity contribution < 1.29 is 22.7 Å². The number of hydrogen-bond donors (Lipinski definition) is 3. The van der Waals surface area contributed by atoms with E-state index in [1.54, 1.807) is 6.92 Å². The quantitative estimate of drug-likeness (QED) is 0.671. The molecule has 9 heteroatoms. The van der Waals surface area contributed by atoms with E-state index in [4.69, 9.17) is 5.73 Å². The van der Waals surface area contributed by atoms with Gasteiger partial charge in [0, 0.05) is 36.5 Å². The first-order chi connectivity index (χ1) is 11.3. The van der Waals surface area contributed by atoms with Crippen LogP contribution in [-0.4, -0.2) is 33.6 Å². The minimum absolute atomic E-state index is 0.0417. The van der Waals surface area contributed by atoms with Crippen molar-refractivity contribution in [3.05, 3.63) is 41.6 Å². The van der Waals surface area contributed by atoms with Gasteiger partial charge in [-0.05, 0) is 25.1 Å². The maximum absolute atomic E-state index is 14.1. The number of halogens is 4. The van der Waals surface area contributed by atoms with Gasteiger partial charge in [0.05, 0.1) is 11.8 Å². The van der Waals surface area contributed by atoms with E-state index in [0.717, 1.165) is 18.3 Å². The molecule has 0 radical (unpaired) electrons. The highest BCUT2D eigenvalue weighted by molar-refractivity contribution is 5.59. The van der Waals surface area contributed by atoms with Crippen molar-refractivity contribution in [1.29, 1.82) is 0 Å². The van der Waals surface area contributed by atoms with Gasteiger partial charge in [-0.3, -0.25) is 0 Å². The Labute approximate surface area is 136 Å². The van der Waals surface area contributed by atoms with Gasteiger partial charge < -0.3 is 16.2 Å². The van der Waals surface area contributed by atoms with Crippen LogP contribution in [0.15, 0.2) is 24.4 Å². The summed E-state index contributed by atoms with van der Waals surface area (Å²) in [5, 5.41) is 15.8. The summed E-state index contributed by atoms with van der Waals surface area (Å²) in [5.41, 5.74) is 5.36. The fourth-order valence-electron chi connectivity index (χ4n) is 2.05. The molecule has 0 saturated heterocycles. The predicted molar refractivity (Wildman–Crippen MR) is 80.2 cm³/mol. The summed E-state index contributed by atoms with van der Waals surface area (Å²) in [6, 6.07) is 2.83. The van der Waals surface area contributed by atoms with Crippen LogP contribution in [0.5, 0.6) is 0 Å². The monoisotopic (exact) mass is 346 g/mol. The Morgan fingerprint density at radius 3 is 2.42 bits per heavy atom. The maximum Gasteiger partial charge on any atom is 0.333 e. The van der Waals surface area contributed by atoms with Crippen molar-refractivity contribution in [2.75, 3.05) is 6.54 Å². The van der Waals surface area contributed by atoms with E-state index in [9.17, 15) is 22.7 Å². The lowest BCUT2D eigenvalue weighted by atomic mass is 10.1. The van der Waals surface area contributed by atoms with Crippen LogP contribution in [0, 0.1) is 11.6 Å². The Hall–Kier alpha value is -1.97. The van der Waals surface area contributed by atoms with Gasteiger partial charge in [-0.2, -0.15) is 13.9 Å². The van der Waals surface area contributed by atoms with Crippen molar-refractivity contribution in [3.63, 3.8) is 0 Å². The summed E-state index contributed by atoms with van der Waals surface area (Å²) in [5.74, 6) is -1.67. The van der Waals surface area contributed by atoms with Gasteiger partial charge in [0.25, 0.3) is 0 Å². The van der Waals surface area contributed by atoms with E-state index < -0.39 is 30.3 Å². The maximum atomic E-state index is 14.1. The number of nitrogens with zero attached hydrogens (tertiary/aromatic N) is 2. The zero-order chi connectivity index (χ0) is 17.9. The molecule has 24 heavy (non-hydrogen) atoms. The van der Waals surface area contributed by atoms with Gasteiger partial charge >= 0.3 is 6.55 Å². The minimum Gasteiger partial charge on any atom is -0.390 e. The van der Waals surface area contributed by atoms with E-state index in [-0.39, 0.29) is 29.9 Å². The molecule has 0 spiro atoms. The van der Waals surface area contributed by atoms with Crippen molar-refractivity contribution in [1.82, 2.24) is 15.1 Å². The normalized spacial score (nSPS) is 14.2. The Kier molecular flexibility index (Phi) is 5.92. The summed E-state index contributed by atoms with van der Waals surface area (Å²) in [6.45, 7) is -1.28. The third kappa shape index (κ3) is 4.31. The molecule has 0 aliphatic rings. The number of aliphatic hydroxyl groups excluding tert-OH is 1. The summed E-state index contributed by atoms with van der Waals surface area (Å²) in [7, 11) is 0. The summed E-state index contributed by atoms with van der Waals surface area (Å²) in [4.78, 5) is 0. The van der Waals surface area contributed by atoms with E-state index in [0.29, 0.717) is 4.68 Å². The first-order valence-corrected chi connectivity index (χ1v) is 7.25. The molecule has 4 N–H and O–H groups in total. The predicted octanol–water partition coefficient (Wildman–Crippen LogP) is 2.02. The molecule has 132 valence electrons. The van der Waals surface area contributed by atoms with E-state index in [1.165, 1.54) is 6.07 Å². The van der Waals surface area contributed by atoms with E-state index in [2.05, 4.69) is 10.4 Å².